The maximum atomic E-state index is 13.7. The second-order valence-electron chi connectivity index (χ2n) is 6.51. The van der Waals surface area contributed by atoms with Gasteiger partial charge in [-0.15, -0.1) is 15.3 Å². The van der Waals surface area contributed by atoms with Gasteiger partial charge < -0.3 is 10.2 Å². The van der Waals surface area contributed by atoms with Crippen molar-refractivity contribution in [3.05, 3.63) is 53.1 Å². The summed E-state index contributed by atoms with van der Waals surface area (Å²) in [5.74, 6) is 1.07. The van der Waals surface area contributed by atoms with Crippen LogP contribution in [-0.4, -0.2) is 37.2 Å². The molecule has 0 bridgehead atoms. The molecule has 134 valence electrons. The summed E-state index contributed by atoms with van der Waals surface area (Å²) in [6.07, 6.45) is 0.707. The molecule has 0 spiro atoms. The fourth-order valence-electron chi connectivity index (χ4n) is 3.35. The van der Waals surface area contributed by atoms with Crippen molar-refractivity contribution < 1.29 is 9.18 Å². The molecule has 1 N–H and O–H groups in total. The first-order valence-electron chi connectivity index (χ1n) is 8.51. The van der Waals surface area contributed by atoms with Crippen LogP contribution in [0.5, 0.6) is 0 Å². The number of benzene rings is 1. The lowest BCUT2D eigenvalue weighted by molar-refractivity contribution is -0.129. The van der Waals surface area contributed by atoms with Crippen molar-refractivity contribution in [2.75, 3.05) is 11.9 Å². The van der Waals surface area contributed by atoms with Gasteiger partial charge >= 0.3 is 0 Å². The fraction of sp³-hybridized carbons (Fsp3) is 0.333. The maximum absolute atomic E-state index is 13.7. The van der Waals surface area contributed by atoms with Gasteiger partial charge in [0.2, 0.25) is 5.91 Å². The van der Waals surface area contributed by atoms with Gasteiger partial charge in [0, 0.05) is 20.0 Å². The monoisotopic (exact) mass is 354 g/mol. The first-order chi connectivity index (χ1) is 12.5. The van der Waals surface area contributed by atoms with Crippen LogP contribution in [0.1, 0.15) is 36.3 Å². The number of anilines is 1. The summed E-state index contributed by atoms with van der Waals surface area (Å²) in [5, 5.41) is 16.0. The molecule has 0 saturated heterocycles. The predicted molar refractivity (Wildman–Crippen MR) is 94.0 cm³/mol. The number of nitrogens with zero attached hydrogens (tertiary/aromatic N) is 5. The molecular weight excluding hydrogens is 335 g/mol. The number of carbonyl (C=O) groups excluding carboxylic acids is 1. The molecule has 3 heterocycles. The molecule has 1 aromatic carbocycles. The standard InChI is InChI=1S/C18H19FN6O/c1-11-21-22-18-6-5-17(23-25(11)18)20-16-7-8-24(12(2)26)10-13-9-14(19)3-4-15(13)16/h3-6,9,16H,7-8,10H2,1-2H3,(H,20,23). The van der Waals surface area contributed by atoms with Gasteiger partial charge in [0.25, 0.3) is 0 Å². The first kappa shape index (κ1) is 16.4. The van der Waals surface area contributed by atoms with E-state index in [1.165, 1.54) is 19.1 Å². The lowest BCUT2D eigenvalue weighted by Crippen LogP contribution is -2.28. The molecule has 3 aromatic rings. The molecule has 1 aliphatic rings. The van der Waals surface area contributed by atoms with E-state index in [2.05, 4.69) is 20.6 Å². The number of hydrogen-bond acceptors (Lipinski definition) is 5. The Labute approximate surface area is 149 Å². The van der Waals surface area contributed by atoms with Crippen LogP contribution in [0.2, 0.25) is 0 Å². The number of rotatable bonds is 2. The zero-order chi connectivity index (χ0) is 18.3. The molecule has 1 unspecified atom stereocenters. The first-order valence-corrected chi connectivity index (χ1v) is 8.51. The van der Waals surface area contributed by atoms with Crippen molar-refractivity contribution in [1.29, 1.82) is 0 Å². The van der Waals surface area contributed by atoms with Gasteiger partial charge in [0.05, 0.1) is 6.04 Å². The highest BCUT2D eigenvalue weighted by Crippen LogP contribution is 2.30. The van der Waals surface area contributed by atoms with Gasteiger partial charge in [-0.05, 0) is 48.7 Å². The van der Waals surface area contributed by atoms with Gasteiger partial charge in [0.15, 0.2) is 11.5 Å². The Kier molecular flexibility index (Phi) is 4.02. The molecule has 1 aliphatic heterocycles. The zero-order valence-corrected chi connectivity index (χ0v) is 14.6. The maximum Gasteiger partial charge on any atom is 0.219 e. The van der Waals surface area contributed by atoms with Gasteiger partial charge in [0.1, 0.15) is 11.6 Å². The Morgan fingerprint density at radius 3 is 2.92 bits per heavy atom. The number of amides is 1. The van der Waals surface area contributed by atoms with E-state index >= 15 is 0 Å². The van der Waals surface area contributed by atoms with Gasteiger partial charge in [-0.25, -0.2) is 4.39 Å². The van der Waals surface area contributed by atoms with Crippen LogP contribution in [0.15, 0.2) is 30.3 Å². The number of halogens is 1. The third-order valence-electron chi connectivity index (χ3n) is 4.72. The summed E-state index contributed by atoms with van der Waals surface area (Å²) in [6, 6.07) is 8.37. The van der Waals surface area contributed by atoms with Crippen molar-refractivity contribution >= 4 is 17.4 Å². The second-order valence-corrected chi connectivity index (χ2v) is 6.51. The third-order valence-corrected chi connectivity index (χ3v) is 4.72. The molecule has 7 nitrogen and oxygen atoms in total. The molecule has 0 radical (unpaired) electrons. The topological polar surface area (TPSA) is 75.4 Å². The SMILES string of the molecule is CC(=O)N1CCC(Nc2ccc3nnc(C)n3n2)c2ccc(F)cc2C1. The summed E-state index contributed by atoms with van der Waals surface area (Å²) in [4.78, 5) is 13.6. The van der Waals surface area contributed by atoms with E-state index in [-0.39, 0.29) is 17.8 Å². The van der Waals surface area contributed by atoms with E-state index in [4.69, 9.17) is 0 Å². The Bertz CT molecular complexity index is 985. The van der Waals surface area contributed by atoms with E-state index < -0.39 is 0 Å². The number of hydrogen-bond donors (Lipinski definition) is 1. The number of nitrogens with one attached hydrogen (secondary N) is 1. The van der Waals surface area contributed by atoms with Crippen molar-refractivity contribution in [2.45, 2.75) is 32.9 Å². The van der Waals surface area contributed by atoms with Crippen molar-refractivity contribution in [1.82, 2.24) is 24.7 Å². The normalized spacial score (nSPS) is 17.0. The molecule has 1 atom stereocenters. The molecule has 8 heteroatoms. The summed E-state index contributed by atoms with van der Waals surface area (Å²) in [7, 11) is 0. The zero-order valence-electron chi connectivity index (χ0n) is 14.6. The second kappa shape index (κ2) is 6.36. The minimum Gasteiger partial charge on any atom is -0.362 e. The molecule has 26 heavy (non-hydrogen) atoms. The van der Waals surface area contributed by atoms with Crippen LogP contribution < -0.4 is 5.32 Å². The summed E-state index contributed by atoms with van der Waals surface area (Å²) >= 11 is 0. The summed E-state index contributed by atoms with van der Waals surface area (Å²) in [6.45, 7) is 4.39. The quantitative estimate of drug-likeness (QED) is 0.765. The van der Waals surface area contributed by atoms with Gasteiger partial charge in [-0.3, -0.25) is 4.79 Å². The average molecular weight is 354 g/mol. The number of aromatic nitrogens is 4. The van der Waals surface area contributed by atoms with Crippen molar-refractivity contribution in [3.8, 4) is 0 Å². The van der Waals surface area contributed by atoms with Gasteiger partial charge in [-0.2, -0.15) is 4.52 Å². The van der Waals surface area contributed by atoms with Crippen LogP contribution in [0.4, 0.5) is 10.2 Å². The number of aryl methyl sites for hydroxylation is 1. The highest BCUT2D eigenvalue weighted by atomic mass is 19.1. The molecule has 2 aromatic heterocycles. The fourth-order valence-corrected chi connectivity index (χ4v) is 3.35. The summed E-state index contributed by atoms with van der Waals surface area (Å²) < 4.78 is 15.4. The third kappa shape index (κ3) is 2.98. The van der Waals surface area contributed by atoms with Crippen LogP contribution in [-0.2, 0) is 11.3 Å². The Morgan fingerprint density at radius 1 is 1.27 bits per heavy atom. The Morgan fingerprint density at radius 2 is 2.12 bits per heavy atom. The van der Waals surface area contributed by atoms with Gasteiger partial charge in [-0.1, -0.05) is 6.07 Å². The lowest BCUT2D eigenvalue weighted by atomic mass is 9.99. The van der Waals surface area contributed by atoms with E-state index in [0.717, 1.165) is 11.1 Å². The highest BCUT2D eigenvalue weighted by Gasteiger charge is 2.24. The van der Waals surface area contributed by atoms with E-state index in [1.54, 1.807) is 15.5 Å². The van der Waals surface area contributed by atoms with Crippen LogP contribution in [0.3, 0.4) is 0 Å². The molecule has 4 rings (SSSR count). The van der Waals surface area contributed by atoms with E-state index in [0.29, 0.717) is 36.8 Å². The molecule has 0 aliphatic carbocycles. The Balaban J connectivity index is 1.68. The minimum absolute atomic E-state index is 0.0134. The van der Waals surface area contributed by atoms with E-state index in [1.807, 2.05) is 19.1 Å². The van der Waals surface area contributed by atoms with Crippen LogP contribution in [0.25, 0.3) is 5.65 Å². The minimum atomic E-state index is -0.299. The lowest BCUT2D eigenvalue weighted by Gasteiger charge is -2.20. The van der Waals surface area contributed by atoms with Crippen molar-refractivity contribution in [2.24, 2.45) is 0 Å². The van der Waals surface area contributed by atoms with Crippen molar-refractivity contribution in [3.63, 3.8) is 0 Å². The smallest absolute Gasteiger partial charge is 0.219 e. The largest absolute Gasteiger partial charge is 0.362 e. The molecule has 1 amide bonds. The summed E-state index contributed by atoms with van der Waals surface area (Å²) in [5.41, 5.74) is 2.48. The molecule has 0 saturated carbocycles. The van der Waals surface area contributed by atoms with Crippen LogP contribution >= 0.6 is 0 Å². The average Bonchev–Trinajstić information content (AvgIpc) is 2.88. The highest BCUT2D eigenvalue weighted by molar-refractivity contribution is 5.73. The number of carbonyl (C=O) groups is 1. The Hall–Kier alpha value is -3.03. The molecular formula is C18H19FN6O. The van der Waals surface area contributed by atoms with E-state index in [9.17, 15) is 9.18 Å². The molecule has 0 fully saturated rings. The number of fused-ring (bicyclic) bond motifs is 2. The van der Waals surface area contributed by atoms with Crippen LogP contribution in [0, 0.1) is 12.7 Å². The predicted octanol–water partition coefficient (Wildman–Crippen LogP) is 2.48.